The molecule has 2 bridgehead atoms. The van der Waals surface area contributed by atoms with Gasteiger partial charge in [-0.1, -0.05) is 17.3 Å². The summed E-state index contributed by atoms with van der Waals surface area (Å²) in [5.74, 6) is 3.01. The second-order valence-corrected chi connectivity index (χ2v) is 4.30. The summed E-state index contributed by atoms with van der Waals surface area (Å²) in [4.78, 5) is 0. The maximum absolute atomic E-state index is 8.77. The highest BCUT2D eigenvalue weighted by Crippen LogP contribution is 2.54. The van der Waals surface area contributed by atoms with Crippen LogP contribution in [0.3, 0.4) is 0 Å². The average Bonchev–Trinajstić information content (AvgIpc) is 2.75. The van der Waals surface area contributed by atoms with Gasteiger partial charge in [0.2, 0.25) is 0 Å². The lowest BCUT2D eigenvalue weighted by Crippen LogP contribution is -2.24. The Morgan fingerprint density at radius 2 is 2.42 bits per heavy atom. The molecular formula is C10H13NO. The minimum atomic E-state index is 0.587. The van der Waals surface area contributed by atoms with Crippen molar-refractivity contribution in [3.63, 3.8) is 0 Å². The Morgan fingerprint density at radius 1 is 1.50 bits per heavy atom. The molecule has 12 heavy (non-hydrogen) atoms. The molecule has 0 unspecified atom stereocenters. The molecule has 2 saturated carbocycles. The van der Waals surface area contributed by atoms with Gasteiger partial charge < -0.3 is 5.21 Å². The molecule has 0 heterocycles. The van der Waals surface area contributed by atoms with Crippen LogP contribution in [0.4, 0.5) is 0 Å². The van der Waals surface area contributed by atoms with Crippen LogP contribution >= 0.6 is 0 Å². The molecule has 3 aliphatic rings. The van der Waals surface area contributed by atoms with Crippen molar-refractivity contribution >= 4 is 5.71 Å². The summed E-state index contributed by atoms with van der Waals surface area (Å²) in [5.41, 5.74) is 1.06. The molecule has 0 saturated heterocycles. The molecule has 0 aromatic carbocycles. The zero-order valence-electron chi connectivity index (χ0n) is 6.98. The molecule has 64 valence electrons. The fraction of sp³-hybridized carbons (Fsp3) is 0.700. The van der Waals surface area contributed by atoms with Crippen LogP contribution in [-0.4, -0.2) is 10.9 Å². The van der Waals surface area contributed by atoms with Gasteiger partial charge in [0, 0.05) is 5.92 Å². The monoisotopic (exact) mass is 163 g/mol. The molecule has 0 aliphatic heterocycles. The van der Waals surface area contributed by atoms with Crippen molar-refractivity contribution in [3.8, 4) is 0 Å². The minimum absolute atomic E-state index is 0.587. The molecule has 4 atom stereocenters. The van der Waals surface area contributed by atoms with E-state index in [1.54, 1.807) is 0 Å². The third-order valence-corrected chi connectivity index (χ3v) is 3.92. The summed E-state index contributed by atoms with van der Waals surface area (Å²) in [6.45, 7) is 0. The quantitative estimate of drug-likeness (QED) is 0.331. The first-order chi connectivity index (χ1) is 5.90. The Labute approximate surface area is 72.0 Å². The Hall–Kier alpha value is -0.790. The second kappa shape index (κ2) is 2.12. The SMILES string of the molecule is ON=C1C[C@@H]2C[C@H]1[C@H]1C=CC[C@@H]21. The summed E-state index contributed by atoms with van der Waals surface area (Å²) in [6, 6.07) is 0. The number of rotatable bonds is 0. The number of oxime groups is 1. The highest BCUT2D eigenvalue weighted by atomic mass is 16.4. The van der Waals surface area contributed by atoms with E-state index in [0.29, 0.717) is 5.92 Å². The van der Waals surface area contributed by atoms with Crippen LogP contribution < -0.4 is 0 Å². The van der Waals surface area contributed by atoms with Crippen LogP contribution in [-0.2, 0) is 0 Å². The summed E-state index contributed by atoms with van der Waals surface area (Å²) in [6.07, 6.45) is 8.24. The molecule has 0 amide bonds. The first kappa shape index (κ1) is 6.70. The molecule has 3 aliphatic carbocycles. The lowest BCUT2D eigenvalue weighted by molar-refractivity contribution is 0.300. The first-order valence-electron chi connectivity index (χ1n) is 4.77. The topological polar surface area (TPSA) is 32.6 Å². The van der Waals surface area contributed by atoms with Crippen LogP contribution in [0, 0.1) is 23.7 Å². The van der Waals surface area contributed by atoms with E-state index in [-0.39, 0.29) is 0 Å². The van der Waals surface area contributed by atoms with Gasteiger partial charge >= 0.3 is 0 Å². The van der Waals surface area contributed by atoms with Gasteiger partial charge in [0.15, 0.2) is 0 Å². The first-order valence-corrected chi connectivity index (χ1v) is 4.77. The zero-order valence-corrected chi connectivity index (χ0v) is 6.98. The number of nitrogens with zero attached hydrogens (tertiary/aromatic N) is 1. The van der Waals surface area contributed by atoms with E-state index in [1.165, 1.54) is 12.8 Å². The molecule has 1 N–H and O–H groups in total. The van der Waals surface area contributed by atoms with Crippen molar-refractivity contribution in [2.24, 2.45) is 28.8 Å². The number of hydrogen-bond acceptors (Lipinski definition) is 2. The highest BCUT2D eigenvalue weighted by molar-refractivity contribution is 5.90. The Balaban J connectivity index is 1.96. The average molecular weight is 163 g/mol. The van der Waals surface area contributed by atoms with Crippen LogP contribution in [0.2, 0.25) is 0 Å². The summed E-state index contributed by atoms with van der Waals surface area (Å²) in [7, 11) is 0. The molecule has 0 spiro atoms. The smallest absolute Gasteiger partial charge is 0.0610 e. The van der Waals surface area contributed by atoms with Crippen molar-refractivity contribution < 1.29 is 5.21 Å². The molecule has 2 heteroatoms. The summed E-state index contributed by atoms with van der Waals surface area (Å²) < 4.78 is 0. The maximum atomic E-state index is 8.77. The Bertz CT molecular complexity index is 269. The molecule has 0 radical (unpaired) electrons. The lowest BCUT2D eigenvalue weighted by atomic mass is 9.80. The van der Waals surface area contributed by atoms with Crippen LogP contribution in [0.1, 0.15) is 19.3 Å². The third-order valence-electron chi connectivity index (χ3n) is 3.92. The summed E-state index contributed by atoms with van der Waals surface area (Å²) >= 11 is 0. The van der Waals surface area contributed by atoms with Crippen LogP contribution in [0.5, 0.6) is 0 Å². The predicted molar refractivity (Wildman–Crippen MR) is 46.2 cm³/mol. The molecule has 0 aromatic rings. The van der Waals surface area contributed by atoms with E-state index in [1.807, 2.05) is 0 Å². The normalized spacial score (nSPS) is 52.2. The molecule has 2 nitrogen and oxygen atoms in total. The van der Waals surface area contributed by atoms with Gasteiger partial charge in [0.1, 0.15) is 0 Å². The lowest BCUT2D eigenvalue weighted by Gasteiger charge is -2.24. The van der Waals surface area contributed by atoms with Gasteiger partial charge in [-0.25, -0.2) is 0 Å². The maximum Gasteiger partial charge on any atom is 0.0610 e. The predicted octanol–water partition coefficient (Wildman–Crippen LogP) is 2.05. The third kappa shape index (κ3) is 0.637. The number of fused-ring (bicyclic) bond motifs is 5. The van der Waals surface area contributed by atoms with Gasteiger partial charge in [0.25, 0.3) is 0 Å². The molecule has 2 fully saturated rings. The molecular weight excluding hydrogens is 150 g/mol. The van der Waals surface area contributed by atoms with E-state index in [0.717, 1.165) is 29.9 Å². The standard InChI is InChI=1S/C10H13NO/c12-11-10-5-6-4-9(10)8-3-1-2-7(6)8/h1,3,6-9,12H,2,4-5H2/t6-,7-,8-,9-/m0/s1. The van der Waals surface area contributed by atoms with Gasteiger partial charge in [-0.3, -0.25) is 0 Å². The van der Waals surface area contributed by atoms with Crippen molar-refractivity contribution in [3.05, 3.63) is 12.2 Å². The molecule has 3 rings (SSSR count). The van der Waals surface area contributed by atoms with E-state index in [4.69, 9.17) is 5.21 Å². The van der Waals surface area contributed by atoms with Gasteiger partial charge in [-0.2, -0.15) is 0 Å². The van der Waals surface area contributed by atoms with Crippen LogP contribution in [0.25, 0.3) is 0 Å². The fourth-order valence-electron chi connectivity index (χ4n) is 3.42. The van der Waals surface area contributed by atoms with Gasteiger partial charge in [-0.05, 0) is 37.0 Å². The zero-order chi connectivity index (χ0) is 8.13. The van der Waals surface area contributed by atoms with E-state index >= 15 is 0 Å². The van der Waals surface area contributed by atoms with Crippen molar-refractivity contribution in [2.45, 2.75) is 19.3 Å². The Kier molecular flexibility index (Phi) is 1.18. The van der Waals surface area contributed by atoms with Crippen molar-refractivity contribution in [2.75, 3.05) is 0 Å². The Morgan fingerprint density at radius 3 is 3.25 bits per heavy atom. The largest absolute Gasteiger partial charge is 0.411 e. The van der Waals surface area contributed by atoms with Gasteiger partial charge in [-0.15, -0.1) is 0 Å². The van der Waals surface area contributed by atoms with E-state index < -0.39 is 0 Å². The van der Waals surface area contributed by atoms with Gasteiger partial charge in [0.05, 0.1) is 5.71 Å². The molecule has 0 aromatic heterocycles. The van der Waals surface area contributed by atoms with E-state index in [2.05, 4.69) is 17.3 Å². The fourth-order valence-corrected chi connectivity index (χ4v) is 3.42. The van der Waals surface area contributed by atoms with Crippen LogP contribution in [0.15, 0.2) is 17.3 Å². The number of allylic oxidation sites excluding steroid dienone is 2. The number of hydrogen-bond donors (Lipinski definition) is 1. The van der Waals surface area contributed by atoms with Crippen molar-refractivity contribution in [1.29, 1.82) is 0 Å². The van der Waals surface area contributed by atoms with E-state index in [9.17, 15) is 0 Å². The highest BCUT2D eigenvalue weighted by Gasteiger charge is 2.51. The van der Waals surface area contributed by atoms with Crippen molar-refractivity contribution in [1.82, 2.24) is 0 Å². The summed E-state index contributed by atoms with van der Waals surface area (Å²) in [5, 5.41) is 12.2. The minimum Gasteiger partial charge on any atom is -0.411 e. The second-order valence-electron chi connectivity index (χ2n) is 4.30.